The van der Waals surface area contributed by atoms with E-state index in [2.05, 4.69) is 42.2 Å². The molecule has 0 saturated heterocycles. The normalized spacial score (nSPS) is 14.5. The first kappa shape index (κ1) is 47.4. The lowest BCUT2D eigenvalue weighted by Gasteiger charge is -2.47. The Bertz CT molecular complexity index is 2360. The van der Waals surface area contributed by atoms with E-state index in [0.29, 0.717) is 60.9 Å². The Hall–Kier alpha value is -7.27. The molecular formula is C48H51N3O11. The number of aromatic nitrogens is 1. The SMILES string of the molecule is C=CCOC(=O)CCCCCNC(=O)COc1ccc2[nH]c3c(c2c1)CCN1C=C(C(=O)c2ccc(OCc4ccccc4)c(C)c2OCC=C)C=C(C)C31C.O=C=O.O=C=O. The van der Waals surface area contributed by atoms with E-state index in [4.69, 9.17) is 38.1 Å². The number of hydrogen-bond acceptors (Lipinski definition) is 12. The summed E-state index contributed by atoms with van der Waals surface area (Å²) in [5.41, 5.74) is 6.64. The van der Waals surface area contributed by atoms with Gasteiger partial charge in [0.15, 0.2) is 12.4 Å². The summed E-state index contributed by atoms with van der Waals surface area (Å²) in [5.74, 6) is 1.20. The van der Waals surface area contributed by atoms with Crippen LogP contribution < -0.4 is 19.5 Å². The molecule has 0 aliphatic carbocycles. The summed E-state index contributed by atoms with van der Waals surface area (Å²) in [4.78, 5) is 76.8. The van der Waals surface area contributed by atoms with Crippen molar-refractivity contribution in [3.63, 3.8) is 0 Å². The van der Waals surface area contributed by atoms with Gasteiger partial charge in [0.25, 0.3) is 5.91 Å². The fraction of sp³-hybridized carbons (Fsp3) is 0.312. The number of carbonyl (C=O) groups is 3. The van der Waals surface area contributed by atoms with Crippen LogP contribution in [0.3, 0.4) is 0 Å². The van der Waals surface area contributed by atoms with Gasteiger partial charge in [-0.05, 0) is 93.1 Å². The number of nitrogens with one attached hydrogen (secondary N) is 2. The van der Waals surface area contributed by atoms with Crippen LogP contribution in [0.4, 0.5) is 0 Å². The van der Waals surface area contributed by atoms with Crippen molar-refractivity contribution in [3.8, 4) is 17.2 Å². The number of nitrogens with zero attached hydrogens (tertiary/aromatic N) is 1. The molecule has 1 amide bonds. The number of ether oxygens (including phenoxy) is 4. The molecule has 324 valence electrons. The second-order valence-corrected chi connectivity index (χ2v) is 14.5. The molecule has 0 spiro atoms. The van der Waals surface area contributed by atoms with Crippen molar-refractivity contribution in [2.45, 2.75) is 65.0 Å². The van der Waals surface area contributed by atoms with Crippen molar-refractivity contribution < 1.29 is 52.5 Å². The number of amides is 1. The van der Waals surface area contributed by atoms with Gasteiger partial charge < -0.3 is 34.1 Å². The number of allylic oxidation sites excluding steroid dienone is 2. The summed E-state index contributed by atoms with van der Waals surface area (Å²) in [6.45, 7) is 15.5. The molecule has 0 fully saturated rings. The molecular weight excluding hydrogens is 795 g/mol. The number of fused-ring (bicyclic) bond motifs is 5. The molecule has 0 radical (unpaired) electrons. The van der Waals surface area contributed by atoms with E-state index >= 15 is 0 Å². The predicted molar refractivity (Wildman–Crippen MR) is 228 cm³/mol. The van der Waals surface area contributed by atoms with E-state index in [1.54, 1.807) is 18.2 Å². The van der Waals surface area contributed by atoms with E-state index in [0.717, 1.165) is 52.6 Å². The van der Waals surface area contributed by atoms with Gasteiger partial charge in [-0.1, -0.05) is 62.1 Å². The first-order valence-corrected chi connectivity index (χ1v) is 20.0. The Morgan fingerprint density at radius 2 is 1.63 bits per heavy atom. The summed E-state index contributed by atoms with van der Waals surface area (Å²) in [6.07, 6.45) is 11.1. The van der Waals surface area contributed by atoms with Crippen LogP contribution >= 0.6 is 0 Å². The first-order valence-electron chi connectivity index (χ1n) is 20.0. The minimum absolute atomic E-state index is 0.0930. The lowest BCUT2D eigenvalue weighted by Crippen LogP contribution is -2.48. The smallest absolute Gasteiger partial charge is 0.373 e. The highest BCUT2D eigenvalue weighted by Gasteiger charge is 2.43. The van der Waals surface area contributed by atoms with Crippen molar-refractivity contribution in [3.05, 3.63) is 137 Å². The van der Waals surface area contributed by atoms with Gasteiger partial charge in [-0.2, -0.15) is 19.2 Å². The highest BCUT2D eigenvalue weighted by atomic mass is 16.5. The summed E-state index contributed by atoms with van der Waals surface area (Å²) < 4.78 is 23.2. The number of Topliss-reactive ketones (excluding diaryl/α,β-unsaturated/α-hetero) is 1. The standard InChI is InChI=1S/C46H51N3O7.2CO2/c1-6-24-53-42(51)16-12-9-13-22-47-41(50)30-55-35-17-19-39-38(27-35)36-21-23-49-28-34(26-31(3)46(49,5)45(36)48-39)43(52)37-18-20-40(32(4)44(37)54-25-7-2)56-29-33-14-10-8-11-15-33;2*2-1-3/h6-8,10-11,14-15,17-20,26-28,48H,1-2,9,12-13,16,21-25,29-30H2,3-5H3,(H,47,50);;. The largest absolute Gasteiger partial charge is 0.488 e. The fourth-order valence-electron chi connectivity index (χ4n) is 7.36. The zero-order valence-corrected chi connectivity index (χ0v) is 35.2. The third-order valence-electron chi connectivity index (χ3n) is 10.5. The minimum Gasteiger partial charge on any atom is -0.488 e. The van der Waals surface area contributed by atoms with Crippen LogP contribution in [0.1, 0.15) is 72.3 Å². The predicted octanol–water partition coefficient (Wildman–Crippen LogP) is 7.04. The second kappa shape index (κ2) is 23.5. The first-order chi connectivity index (χ1) is 30.0. The molecule has 2 aliphatic heterocycles. The molecule has 6 rings (SSSR count). The maximum Gasteiger partial charge on any atom is 0.373 e. The van der Waals surface area contributed by atoms with Crippen LogP contribution in [-0.4, -0.2) is 72.8 Å². The molecule has 2 N–H and O–H groups in total. The zero-order chi connectivity index (χ0) is 45.1. The van der Waals surface area contributed by atoms with Crippen LogP contribution in [0.2, 0.25) is 0 Å². The molecule has 1 unspecified atom stereocenters. The maximum absolute atomic E-state index is 14.3. The molecule has 0 bridgehead atoms. The Kier molecular flexibility index (Phi) is 18.0. The highest BCUT2D eigenvalue weighted by molar-refractivity contribution is 6.13. The minimum atomic E-state index is -0.504. The number of benzene rings is 3. The summed E-state index contributed by atoms with van der Waals surface area (Å²) in [7, 11) is 0. The lowest BCUT2D eigenvalue weighted by molar-refractivity contribution is -0.193. The zero-order valence-electron chi connectivity index (χ0n) is 35.2. The van der Waals surface area contributed by atoms with Crippen molar-refractivity contribution in [2.75, 3.05) is 32.9 Å². The topological polar surface area (TPSA) is 187 Å². The molecule has 0 saturated carbocycles. The Morgan fingerprint density at radius 1 is 0.903 bits per heavy atom. The quantitative estimate of drug-likeness (QED) is 0.0425. The Labute approximate surface area is 360 Å². The van der Waals surface area contributed by atoms with Crippen molar-refractivity contribution in [2.24, 2.45) is 0 Å². The fourth-order valence-corrected chi connectivity index (χ4v) is 7.36. The molecule has 3 heterocycles. The van der Waals surface area contributed by atoms with Gasteiger partial charge in [0.2, 0.25) is 0 Å². The van der Waals surface area contributed by atoms with Gasteiger partial charge in [0.1, 0.15) is 37.1 Å². The van der Waals surface area contributed by atoms with E-state index in [9.17, 15) is 14.4 Å². The van der Waals surface area contributed by atoms with Crippen LogP contribution in [0, 0.1) is 6.92 Å². The number of unbranched alkanes of at least 4 members (excludes halogenated alkanes) is 2. The van der Waals surface area contributed by atoms with Gasteiger partial charge in [-0.15, -0.1) is 0 Å². The highest BCUT2D eigenvalue weighted by Crippen LogP contribution is 2.47. The van der Waals surface area contributed by atoms with Gasteiger partial charge in [0, 0.05) is 53.4 Å². The Morgan fingerprint density at radius 3 is 2.34 bits per heavy atom. The van der Waals surface area contributed by atoms with Crippen molar-refractivity contribution >= 4 is 40.9 Å². The number of hydrogen-bond donors (Lipinski definition) is 2. The van der Waals surface area contributed by atoms with Gasteiger partial charge >= 0.3 is 18.3 Å². The van der Waals surface area contributed by atoms with Gasteiger partial charge in [0.05, 0.1) is 11.1 Å². The number of esters is 1. The molecule has 2 aliphatic rings. The average Bonchev–Trinajstić information content (AvgIpc) is 3.65. The number of aromatic amines is 1. The number of ketones is 1. The lowest BCUT2D eigenvalue weighted by atomic mass is 9.78. The summed E-state index contributed by atoms with van der Waals surface area (Å²) >= 11 is 0. The van der Waals surface area contributed by atoms with Crippen LogP contribution in [0.15, 0.2) is 109 Å². The molecule has 1 aromatic heterocycles. The van der Waals surface area contributed by atoms with E-state index in [-0.39, 0.29) is 49.8 Å². The van der Waals surface area contributed by atoms with Crippen LogP contribution in [0.25, 0.3) is 10.9 Å². The summed E-state index contributed by atoms with van der Waals surface area (Å²) in [5, 5.41) is 3.94. The summed E-state index contributed by atoms with van der Waals surface area (Å²) in [6, 6.07) is 19.4. The number of H-pyrrole nitrogens is 1. The second-order valence-electron chi connectivity index (χ2n) is 14.5. The van der Waals surface area contributed by atoms with Crippen LogP contribution in [-0.2, 0) is 52.1 Å². The third-order valence-corrected chi connectivity index (χ3v) is 10.5. The Balaban J connectivity index is 0.00000133. The van der Waals surface area contributed by atoms with Crippen LogP contribution in [0.5, 0.6) is 17.2 Å². The molecule has 3 aromatic carbocycles. The number of carbonyl (C=O) groups excluding carboxylic acids is 7. The van der Waals surface area contributed by atoms with Crippen molar-refractivity contribution in [1.82, 2.24) is 15.2 Å². The van der Waals surface area contributed by atoms with Crippen molar-refractivity contribution in [1.29, 1.82) is 0 Å². The van der Waals surface area contributed by atoms with Gasteiger partial charge in [-0.3, -0.25) is 14.4 Å². The average molecular weight is 846 g/mol. The monoisotopic (exact) mass is 845 g/mol. The maximum atomic E-state index is 14.3. The third kappa shape index (κ3) is 11.9. The number of rotatable bonds is 19. The van der Waals surface area contributed by atoms with Gasteiger partial charge in [-0.25, -0.2) is 0 Å². The molecule has 62 heavy (non-hydrogen) atoms. The molecule has 4 aromatic rings. The molecule has 1 atom stereocenters. The van der Waals surface area contributed by atoms with E-state index in [1.165, 1.54) is 5.56 Å². The van der Waals surface area contributed by atoms with E-state index in [1.807, 2.05) is 73.8 Å². The molecule has 14 heteroatoms. The molecule has 14 nitrogen and oxygen atoms in total. The van der Waals surface area contributed by atoms with E-state index < -0.39 is 5.54 Å².